The van der Waals surface area contributed by atoms with Crippen molar-refractivity contribution in [2.75, 3.05) is 19.6 Å². The van der Waals surface area contributed by atoms with E-state index in [1.165, 1.54) is 0 Å². The van der Waals surface area contributed by atoms with Crippen molar-refractivity contribution in [2.45, 2.75) is 24.6 Å². The fourth-order valence-electron chi connectivity index (χ4n) is 3.09. The first-order chi connectivity index (χ1) is 10.6. The number of aliphatic hydroxyl groups is 1. The molecule has 2 saturated heterocycles. The molecule has 4 unspecified atom stereocenters. The number of nitrogens with one attached hydrogen (secondary N) is 4. The predicted molar refractivity (Wildman–Crippen MR) is 84.2 cm³/mol. The molecule has 2 aliphatic rings. The Kier molecular flexibility index (Phi) is 4.95. The maximum Gasteiger partial charge on any atom is 0.238 e. The van der Waals surface area contributed by atoms with Crippen molar-refractivity contribution in [3.63, 3.8) is 0 Å². The van der Waals surface area contributed by atoms with Gasteiger partial charge in [0.25, 0.3) is 0 Å². The number of aliphatic hydroxyl groups excluding tert-OH is 1. The van der Waals surface area contributed by atoms with E-state index in [0.29, 0.717) is 11.1 Å². The second kappa shape index (κ2) is 6.93. The summed E-state index contributed by atoms with van der Waals surface area (Å²) in [7, 11) is 0. The molecule has 120 valence electrons. The van der Waals surface area contributed by atoms with Crippen LogP contribution in [0.15, 0.2) is 24.3 Å². The summed E-state index contributed by atoms with van der Waals surface area (Å²) in [5.74, 6) is 0.151. The highest BCUT2D eigenvalue weighted by molar-refractivity contribution is 6.30. The Morgan fingerprint density at radius 2 is 2.14 bits per heavy atom. The zero-order valence-corrected chi connectivity index (χ0v) is 12.9. The van der Waals surface area contributed by atoms with Gasteiger partial charge in [0.1, 0.15) is 6.04 Å². The van der Waals surface area contributed by atoms with Crippen molar-refractivity contribution in [2.24, 2.45) is 5.92 Å². The molecule has 0 aromatic heterocycles. The standard InChI is InChI=1S/C15H21ClN4O2/c16-10-3-1-9(2-4-10)13(21)8-18-15(22)14-11-7-17-6-5-12(11)19-20-14/h1-4,11-14,17,19-21H,5-8H2,(H,18,22). The van der Waals surface area contributed by atoms with Gasteiger partial charge in [-0.2, -0.15) is 0 Å². The average molecular weight is 325 g/mol. The number of carbonyl (C=O) groups excluding carboxylic acids is 1. The van der Waals surface area contributed by atoms with Gasteiger partial charge in [-0.05, 0) is 30.7 Å². The van der Waals surface area contributed by atoms with Gasteiger partial charge >= 0.3 is 0 Å². The van der Waals surface area contributed by atoms with Crippen LogP contribution in [0.5, 0.6) is 0 Å². The SMILES string of the molecule is O=C(NCC(O)c1ccc(Cl)cc1)C1NNC2CCNCC21. The van der Waals surface area contributed by atoms with Crippen molar-refractivity contribution < 1.29 is 9.90 Å². The Morgan fingerprint density at radius 3 is 2.91 bits per heavy atom. The number of benzene rings is 1. The van der Waals surface area contributed by atoms with Gasteiger partial charge in [-0.15, -0.1) is 0 Å². The van der Waals surface area contributed by atoms with Gasteiger partial charge in [-0.25, -0.2) is 5.43 Å². The van der Waals surface area contributed by atoms with Crippen LogP contribution in [0.1, 0.15) is 18.1 Å². The van der Waals surface area contributed by atoms with Gasteiger partial charge in [0.15, 0.2) is 0 Å². The summed E-state index contributed by atoms with van der Waals surface area (Å²) in [6.07, 6.45) is 0.269. The zero-order chi connectivity index (χ0) is 15.5. The van der Waals surface area contributed by atoms with E-state index in [1.54, 1.807) is 24.3 Å². The fourth-order valence-corrected chi connectivity index (χ4v) is 3.21. The van der Waals surface area contributed by atoms with Crippen molar-refractivity contribution in [3.8, 4) is 0 Å². The third-order valence-electron chi connectivity index (χ3n) is 4.39. The van der Waals surface area contributed by atoms with Crippen LogP contribution < -0.4 is 21.5 Å². The highest BCUT2D eigenvalue weighted by atomic mass is 35.5. The molecule has 6 nitrogen and oxygen atoms in total. The van der Waals surface area contributed by atoms with Gasteiger partial charge in [0.2, 0.25) is 5.91 Å². The number of hydrazine groups is 1. The lowest BCUT2D eigenvalue weighted by Crippen LogP contribution is -2.49. The third-order valence-corrected chi connectivity index (χ3v) is 4.64. The minimum absolute atomic E-state index is 0.0864. The summed E-state index contributed by atoms with van der Waals surface area (Å²) in [6.45, 7) is 1.98. The first-order valence-electron chi connectivity index (χ1n) is 7.58. The van der Waals surface area contributed by atoms with Crippen LogP contribution in [0.25, 0.3) is 0 Å². The monoisotopic (exact) mass is 324 g/mol. The molecular weight excluding hydrogens is 304 g/mol. The van der Waals surface area contributed by atoms with Gasteiger partial charge in [0.05, 0.1) is 6.10 Å². The summed E-state index contributed by atoms with van der Waals surface area (Å²) in [5.41, 5.74) is 6.99. The number of halogens is 1. The first-order valence-corrected chi connectivity index (χ1v) is 7.96. The molecule has 5 N–H and O–H groups in total. The van der Waals surface area contributed by atoms with E-state index in [9.17, 15) is 9.90 Å². The maximum absolute atomic E-state index is 12.3. The number of rotatable bonds is 4. The van der Waals surface area contributed by atoms with Crippen LogP contribution in [-0.2, 0) is 4.79 Å². The van der Waals surface area contributed by atoms with Gasteiger partial charge in [0, 0.05) is 30.1 Å². The number of fused-ring (bicyclic) bond motifs is 1. The molecule has 4 atom stereocenters. The normalized spacial score (nSPS) is 28.9. The van der Waals surface area contributed by atoms with Crippen molar-refractivity contribution in [1.29, 1.82) is 0 Å². The Bertz CT molecular complexity index is 525. The van der Waals surface area contributed by atoms with Crippen LogP contribution in [-0.4, -0.2) is 42.7 Å². The maximum atomic E-state index is 12.3. The van der Waals surface area contributed by atoms with E-state index >= 15 is 0 Å². The largest absolute Gasteiger partial charge is 0.387 e. The molecule has 0 saturated carbocycles. The van der Waals surface area contributed by atoms with Gasteiger partial charge < -0.3 is 15.7 Å². The van der Waals surface area contributed by atoms with Crippen LogP contribution >= 0.6 is 11.6 Å². The smallest absolute Gasteiger partial charge is 0.238 e. The number of hydrogen-bond donors (Lipinski definition) is 5. The Labute approximate surface area is 134 Å². The van der Waals surface area contributed by atoms with Crippen LogP contribution in [0.4, 0.5) is 0 Å². The number of amides is 1. The predicted octanol–water partition coefficient (Wildman–Crippen LogP) is -0.0559. The van der Waals surface area contributed by atoms with E-state index < -0.39 is 6.10 Å². The van der Waals surface area contributed by atoms with E-state index in [2.05, 4.69) is 21.5 Å². The molecule has 0 spiro atoms. The lowest BCUT2D eigenvalue weighted by Gasteiger charge is -2.27. The summed E-state index contributed by atoms with van der Waals surface area (Å²) < 4.78 is 0. The van der Waals surface area contributed by atoms with Crippen molar-refractivity contribution in [1.82, 2.24) is 21.5 Å². The Hall–Kier alpha value is -1.18. The second-order valence-electron chi connectivity index (χ2n) is 5.84. The minimum atomic E-state index is -0.740. The van der Waals surface area contributed by atoms with Crippen LogP contribution in [0.2, 0.25) is 5.02 Å². The van der Waals surface area contributed by atoms with Crippen LogP contribution in [0.3, 0.4) is 0 Å². The molecule has 22 heavy (non-hydrogen) atoms. The summed E-state index contributed by atoms with van der Waals surface area (Å²) >= 11 is 5.82. The van der Waals surface area contributed by atoms with Gasteiger partial charge in [-0.3, -0.25) is 10.2 Å². The van der Waals surface area contributed by atoms with E-state index in [1.807, 2.05) is 0 Å². The molecule has 2 aliphatic heterocycles. The summed E-state index contributed by atoms with van der Waals surface area (Å²) in [4.78, 5) is 12.3. The molecule has 1 aromatic carbocycles. The van der Waals surface area contributed by atoms with E-state index in [4.69, 9.17) is 11.6 Å². The molecule has 7 heteroatoms. The average Bonchev–Trinajstić information content (AvgIpc) is 2.97. The molecule has 2 heterocycles. The molecule has 0 bridgehead atoms. The summed E-state index contributed by atoms with van der Waals surface area (Å²) in [5, 5.41) is 16.9. The molecule has 2 fully saturated rings. The van der Waals surface area contributed by atoms with Crippen LogP contribution in [0, 0.1) is 5.92 Å². The lowest BCUT2D eigenvalue weighted by atomic mass is 9.89. The topological polar surface area (TPSA) is 85.4 Å². The van der Waals surface area contributed by atoms with Crippen molar-refractivity contribution >= 4 is 17.5 Å². The fraction of sp³-hybridized carbons (Fsp3) is 0.533. The molecular formula is C15H21ClN4O2. The second-order valence-corrected chi connectivity index (χ2v) is 6.28. The first kappa shape index (κ1) is 15.7. The molecule has 1 amide bonds. The van der Waals surface area contributed by atoms with Crippen molar-refractivity contribution in [3.05, 3.63) is 34.9 Å². The Morgan fingerprint density at radius 1 is 1.36 bits per heavy atom. The van der Waals surface area contributed by atoms with Gasteiger partial charge in [-0.1, -0.05) is 23.7 Å². The Balaban J connectivity index is 1.52. The quantitative estimate of drug-likeness (QED) is 0.536. The molecule has 3 rings (SSSR count). The molecule has 1 aromatic rings. The summed E-state index contributed by atoms with van der Waals surface area (Å²) in [6, 6.07) is 7.03. The highest BCUT2D eigenvalue weighted by Crippen LogP contribution is 2.20. The highest BCUT2D eigenvalue weighted by Gasteiger charge is 2.41. The number of hydrogen-bond acceptors (Lipinski definition) is 5. The number of carbonyl (C=O) groups is 1. The van der Waals surface area contributed by atoms with E-state index in [0.717, 1.165) is 25.1 Å². The minimum Gasteiger partial charge on any atom is -0.387 e. The number of piperidine rings is 1. The zero-order valence-electron chi connectivity index (χ0n) is 12.2. The third kappa shape index (κ3) is 3.42. The molecule has 0 radical (unpaired) electrons. The van der Waals surface area contributed by atoms with E-state index in [-0.39, 0.29) is 24.4 Å². The molecule has 0 aliphatic carbocycles. The lowest BCUT2D eigenvalue weighted by molar-refractivity contribution is -0.124.